The zero-order valence-electron chi connectivity index (χ0n) is 21.5. The second-order valence-electron chi connectivity index (χ2n) is 9.45. The van der Waals surface area contributed by atoms with Crippen LogP contribution in [0.4, 0.5) is 0 Å². The number of rotatable bonds is 13. The summed E-state index contributed by atoms with van der Waals surface area (Å²) in [4.78, 5) is 59.0. The van der Waals surface area contributed by atoms with Crippen LogP contribution < -0.4 is 27.8 Å². The van der Waals surface area contributed by atoms with Gasteiger partial charge in [0, 0.05) is 30.2 Å². The number of nitrogens with zero attached hydrogens (tertiary/aromatic N) is 2. The van der Waals surface area contributed by atoms with Gasteiger partial charge in [-0.05, 0) is 43.7 Å². The Labute approximate surface area is 225 Å². The molecule has 3 amide bonds. The molecule has 39 heavy (non-hydrogen) atoms. The highest BCUT2D eigenvalue weighted by Crippen LogP contribution is 2.21. The van der Waals surface area contributed by atoms with Crippen molar-refractivity contribution in [3.8, 4) is 0 Å². The molecular formula is C25H36N8O6. The molecule has 14 heteroatoms. The van der Waals surface area contributed by atoms with Gasteiger partial charge in [-0.2, -0.15) is 0 Å². The molecule has 0 aliphatic carbocycles. The predicted octanol–water partition coefficient (Wildman–Crippen LogP) is -1.87. The van der Waals surface area contributed by atoms with Crippen LogP contribution in [-0.4, -0.2) is 93.6 Å². The summed E-state index contributed by atoms with van der Waals surface area (Å²) in [7, 11) is 0. The fourth-order valence-electron chi connectivity index (χ4n) is 4.63. The fraction of sp³-hybridized carbons (Fsp3) is 0.480. The Bertz CT molecular complexity index is 1210. The topological polar surface area (TPSA) is 242 Å². The zero-order valence-corrected chi connectivity index (χ0v) is 21.5. The number of carboxylic acids is 1. The minimum Gasteiger partial charge on any atom is -0.480 e. The van der Waals surface area contributed by atoms with Crippen LogP contribution in [0.15, 0.2) is 35.5 Å². The molecule has 1 saturated heterocycles. The maximum atomic E-state index is 13.6. The standard InChI is InChI=1S/C25H36N8O6/c26-16(11-14-12-30-17-6-2-1-5-15(14)17)21(35)31-18(7-3-9-29-25(27)28)23(37)33-10-4-8-20(33)22(36)32-19(13-34)24(38)39/h1-2,5-6,12,16,18-20,30,34H,3-4,7-11,13,26H2,(H,31,35)(H,32,36)(H,38,39)(H4,27,28,29). The van der Waals surface area contributed by atoms with Crippen molar-refractivity contribution in [3.63, 3.8) is 0 Å². The molecule has 2 heterocycles. The van der Waals surface area contributed by atoms with E-state index < -0.39 is 54.5 Å². The first-order valence-electron chi connectivity index (χ1n) is 12.7. The number of fused-ring (bicyclic) bond motifs is 1. The maximum Gasteiger partial charge on any atom is 0.328 e. The van der Waals surface area contributed by atoms with Crippen molar-refractivity contribution in [1.82, 2.24) is 20.5 Å². The van der Waals surface area contributed by atoms with Gasteiger partial charge in [-0.1, -0.05) is 18.2 Å². The second-order valence-corrected chi connectivity index (χ2v) is 9.45. The molecule has 0 saturated carbocycles. The Morgan fingerprint density at radius 3 is 2.59 bits per heavy atom. The number of carbonyl (C=O) groups excluding carboxylic acids is 3. The van der Waals surface area contributed by atoms with E-state index in [-0.39, 0.29) is 31.9 Å². The van der Waals surface area contributed by atoms with Gasteiger partial charge in [-0.3, -0.25) is 19.4 Å². The van der Waals surface area contributed by atoms with Crippen LogP contribution >= 0.6 is 0 Å². The lowest BCUT2D eigenvalue weighted by molar-refractivity contribution is -0.145. The first kappa shape index (κ1) is 29.4. The van der Waals surface area contributed by atoms with Gasteiger partial charge in [-0.25, -0.2) is 4.79 Å². The molecule has 4 atom stereocenters. The molecule has 0 spiro atoms. The molecule has 1 aliphatic heterocycles. The first-order valence-corrected chi connectivity index (χ1v) is 12.7. The number of nitrogens with one attached hydrogen (secondary N) is 3. The first-order chi connectivity index (χ1) is 18.6. The van der Waals surface area contributed by atoms with Gasteiger partial charge in [0.1, 0.15) is 18.1 Å². The molecule has 1 aromatic carbocycles. The maximum absolute atomic E-state index is 13.6. The van der Waals surface area contributed by atoms with E-state index in [0.29, 0.717) is 19.3 Å². The van der Waals surface area contributed by atoms with Gasteiger partial charge in [0.05, 0.1) is 12.6 Å². The second kappa shape index (κ2) is 13.6. The van der Waals surface area contributed by atoms with Crippen LogP contribution in [0.2, 0.25) is 0 Å². The lowest BCUT2D eigenvalue weighted by Gasteiger charge is -2.30. The third-order valence-corrected chi connectivity index (χ3v) is 6.65. The number of guanidine groups is 1. The van der Waals surface area contributed by atoms with Gasteiger partial charge >= 0.3 is 5.97 Å². The van der Waals surface area contributed by atoms with E-state index in [1.165, 1.54) is 4.90 Å². The van der Waals surface area contributed by atoms with Crippen LogP contribution in [0, 0.1) is 0 Å². The highest BCUT2D eigenvalue weighted by molar-refractivity contribution is 5.95. The summed E-state index contributed by atoms with van der Waals surface area (Å²) in [5, 5.41) is 24.3. The minimum absolute atomic E-state index is 0.101. The lowest BCUT2D eigenvalue weighted by atomic mass is 10.0. The Balaban J connectivity index is 1.72. The third kappa shape index (κ3) is 7.67. The van der Waals surface area contributed by atoms with Crippen molar-refractivity contribution in [2.45, 2.75) is 56.3 Å². The molecule has 2 aromatic rings. The largest absolute Gasteiger partial charge is 0.480 e. The summed E-state index contributed by atoms with van der Waals surface area (Å²) in [6.45, 7) is -0.320. The number of aromatic nitrogens is 1. The average molecular weight is 545 g/mol. The highest BCUT2D eigenvalue weighted by atomic mass is 16.4. The van der Waals surface area contributed by atoms with E-state index in [0.717, 1.165) is 16.5 Å². The van der Waals surface area contributed by atoms with Crippen molar-refractivity contribution in [1.29, 1.82) is 0 Å². The van der Waals surface area contributed by atoms with Gasteiger partial charge in [0.2, 0.25) is 17.7 Å². The van der Waals surface area contributed by atoms with E-state index in [9.17, 15) is 24.3 Å². The number of carbonyl (C=O) groups is 4. The van der Waals surface area contributed by atoms with Gasteiger partial charge in [-0.15, -0.1) is 0 Å². The monoisotopic (exact) mass is 544 g/mol. The van der Waals surface area contributed by atoms with Crippen LogP contribution in [0.3, 0.4) is 0 Å². The van der Waals surface area contributed by atoms with E-state index in [2.05, 4.69) is 20.6 Å². The molecule has 212 valence electrons. The number of H-pyrrole nitrogens is 1. The van der Waals surface area contributed by atoms with Crippen LogP contribution in [0.25, 0.3) is 10.9 Å². The molecule has 0 radical (unpaired) electrons. The Hall–Kier alpha value is -4.17. The Morgan fingerprint density at radius 1 is 1.15 bits per heavy atom. The number of aliphatic hydroxyl groups is 1. The zero-order chi connectivity index (χ0) is 28.5. The van der Waals surface area contributed by atoms with E-state index in [1.54, 1.807) is 6.20 Å². The number of para-hydroxylation sites is 1. The number of nitrogens with two attached hydrogens (primary N) is 3. The summed E-state index contributed by atoms with van der Waals surface area (Å²) in [5.74, 6) is -3.22. The van der Waals surface area contributed by atoms with Crippen LogP contribution in [0.1, 0.15) is 31.2 Å². The number of hydrogen-bond donors (Lipinski definition) is 8. The molecule has 1 aromatic heterocycles. The predicted molar refractivity (Wildman–Crippen MR) is 143 cm³/mol. The summed E-state index contributed by atoms with van der Waals surface area (Å²) < 4.78 is 0. The van der Waals surface area contributed by atoms with Crippen LogP contribution in [-0.2, 0) is 25.6 Å². The smallest absolute Gasteiger partial charge is 0.328 e. The van der Waals surface area contributed by atoms with Crippen molar-refractivity contribution in [2.24, 2.45) is 22.2 Å². The van der Waals surface area contributed by atoms with Crippen molar-refractivity contribution in [2.75, 3.05) is 19.7 Å². The summed E-state index contributed by atoms with van der Waals surface area (Å²) in [6.07, 6.45) is 3.39. The third-order valence-electron chi connectivity index (χ3n) is 6.65. The molecule has 1 aliphatic rings. The van der Waals surface area contributed by atoms with Crippen molar-refractivity contribution < 1.29 is 29.4 Å². The summed E-state index contributed by atoms with van der Waals surface area (Å²) in [5.41, 5.74) is 18.7. The number of aromatic amines is 1. The summed E-state index contributed by atoms with van der Waals surface area (Å²) >= 11 is 0. The number of likely N-dealkylation sites (tertiary alicyclic amines) is 1. The molecule has 11 N–H and O–H groups in total. The molecule has 0 bridgehead atoms. The molecule has 1 fully saturated rings. The molecular weight excluding hydrogens is 508 g/mol. The summed E-state index contributed by atoms with van der Waals surface area (Å²) in [6, 6.07) is 3.22. The number of hydrogen-bond acceptors (Lipinski definition) is 7. The normalized spacial score (nSPS) is 17.3. The van der Waals surface area contributed by atoms with E-state index in [1.807, 2.05) is 24.3 Å². The number of aliphatic imine (C=N–C) groups is 1. The van der Waals surface area contributed by atoms with Crippen LogP contribution in [0.5, 0.6) is 0 Å². The lowest BCUT2D eigenvalue weighted by Crippen LogP contribution is -2.57. The number of aliphatic carboxylic acids is 1. The Morgan fingerprint density at radius 2 is 1.90 bits per heavy atom. The quantitative estimate of drug-likeness (QED) is 0.0798. The highest BCUT2D eigenvalue weighted by Gasteiger charge is 2.39. The number of carboxylic acid groups (broad SMARTS) is 1. The average Bonchev–Trinajstić information content (AvgIpc) is 3.56. The van der Waals surface area contributed by atoms with Gasteiger partial charge in [0.25, 0.3) is 0 Å². The van der Waals surface area contributed by atoms with E-state index >= 15 is 0 Å². The van der Waals surface area contributed by atoms with E-state index in [4.69, 9.17) is 22.3 Å². The number of benzene rings is 1. The van der Waals surface area contributed by atoms with Crippen molar-refractivity contribution in [3.05, 3.63) is 36.0 Å². The van der Waals surface area contributed by atoms with Gasteiger partial charge < -0.3 is 47.9 Å². The fourth-order valence-corrected chi connectivity index (χ4v) is 4.63. The Kier molecular flexibility index (Phi) is 10.2. The molecule has 3 rings (SSSR count). The molecule has 4 unspecified atom stereocenters. The molecule has 14 nitrogen and oxygen atoms in total. The van der Waals surface area contributed by atoms with Gasteiger partial charge in [0.15, 0.2) is 5.96 Å². The minimum atomic E-state index is -1.49. The number of aliphatic hydroxyl groups excluding tert-OH is 1. The number of amides is 3. The SMILES string of the molecule is NC(N)=NCCCC(NC(=O)C(N)Cc1c[nH]c2ccccc12)C(=O)N1CCCC1C(=O)NC(CO)C(=O)O. The van der Waals surface area contributed by atoms with Crippen molar-refractivity contribution >= 4 is 40.6 Å².